The van der Waals surface area contributed by atoms with Gasteiger partial charge in [0.1, 0.15) is 11.3 Å². The zero-order chi connectivity index (χ0) is 20.3. The van der Waals surface area contributed by atoms with Crippen molar-refractivity contribution >= 4 is 11.8 Å². The van der Waals surface area contributed by atoms with Gasteiger partial charge in [0, 0.05) is 37.9 Å². The molecule has 1 aliphatic carbocycles. The third kappa shape index (κ3) is 4.83. The number of hydrogen-bond acceptors (Lipinski definition) is 4. The summed E-state index contributed by atoms with van der Waals surface area (Å²) in [6.45, 7) is 7.11. The van der Waals surface area contributed by atoms with Gasteiger partial charge in [-0.1, -0.05) is 26.7 Å². The average Bonchev–Trinajstić information content (AvgIpc) is 3.27. The van der Waals surface area contributed by atoms with Gasteiger partial charge in [-0.3, -0.25) is 9.59 Å². The topological polar surface area (TPSA) is 79.6 Å². The van der Waals surface area contributed by atoms with Gasteiger partial charge in [0.15, 0.2) is 0 Å². The molecule has 1 aliphatic heterocycles. The first-order chi connectivity index (χ1) is 13.3. The summed E-state index contributed by atoms with van der Waals surface area (Å²) in [7, 11) is 0. The van der Waals surface area contributed by atoms with E-state index in [1.54, 1.807) is 13.0 Å². The molecule has 3 rings (SSSR count). The second kappa shape index (κ2) is 8.93. The van der Waals surface area contributed by atoms with Crippen LogP contribution in [0, 0.1) is 18.8 Å². The van der Waals surface area contributed by atoms with Gasteiger partial charge < -0.3 is 14.6 Å². The van der Waals surface area contributed by atoms with Crippen LogP contribution in [0.5, 0.6) is 0 Å². The smallest absolute Gasteiger partial charge is 0.349 e. The second-order valence-electron chi connectivity index (χ2n) is 8.76. The van der Waals surface area contributed by atoms with Crippen molar-refractivity contribution in [2.45, 2.75) is 71.8 Å². The number of carbonyl (C=O) groups excluding carboxylic acids is 2. The van der Waals surface area contributed by atoms with Crippen LogP contribution >= 0.6 is 0 Å². The Kier molecular flexibility index (Phi) is 6.57. The zero-order valence-electron chi connectivity index (χ0n) is 17.3. The fourth-order valence-corrected chi connectivity index (χ4v) is 4.34. The number of nitrogens with one attached hydrogen (secondary N) is 1. The molecule has 0 bridgehead atoms. The van der Waals surface area contributed by atoms with E-state index < -0.39 is 11.5 Å². The highest BCUT2D eigenvalue weighted by atomic mass is 16.4. The molecule has 1 aromatic rings. The number of nitrogens with zero attached hydrogens (tertiary/aromatic N) is 1. The summed E-state index contributed by atoms with van der Waals surface area (Å²) < 4.78 is 5.36. The molecule has 1 saturated heterocycles. The summed E-state index contributed by atoms with van der Waals surface area (Å²) >= 11 is 0. The molecule has 2 fully saturated rings. The first kappa shape index (κ1) is 20.6. The minimum absolute atomic E-state index is 0.0743. The van der Waals surface area contributed by atoms with Crippen molar-refractivity contribution in [3.05, 3.63) is 33.4 Å². The maximum absolute atomic E-state index is 12.6. The molecule has 28 heavy (non-hydrogen) atoms. The van der Waals surface area contributed by atoms with E-state index in [0.717, 1.165) is 19.3 Å². The molecular formula is C22H32N2O4. The minimum Gasteiger partial charge on any atom is -0.427 e. The highest BCUT2D eigenvalue weighted by molar-refractivity contribution is 5.95. The first-order valence-corrected chi connectivity index (χ1v) is 10.6. The van der Waals surface area contributed by atoms with E-state index in [2.05, 4.69) is 19.2 Å². The van der Waals surface area contributed by atoms with E-state index in [-0.39, 0.29) is 17.4 Å². The van der Waals surface area contributed by atoms with Crippen molar-refractivity contribution in [1.82, 2.24) is 10.2 Å². The molecule has 0 spiro atoms. The fourth-order valence-electron chi connectivity index (χ4n) is 4.34. The molecule has 1 saturated carbocycles. The van der Waals surface area contributed by atoms with Crippen molar-refractivity contribution in [2.24, 2.45) is 11.8 Å². The van der Waals surface area contributed by atoms with Crippen LogP contribution in [-0.4, -0.2) is 35.8 Å². The molecule has 2 heterocycles. The van der Waals surface area contributed by atoms with Gasteiger partial charge in [0.05, 0.1) is 0 Å². The molecule has 0 aromatic carbocycles. The molecule has 1 aromatic heterocycles. The molecule has 1 N–H and O–H groups in total. The quantitative estimate of drug-likeness (QED) is 0.779. The Labute approximate surface area is 166 Å². The monoisotopic (exact) mass is 388 g/mol. The highest BCUT2D eigenvalue weighted by Gasteiger charge is 2.35. The lowest BCUT2D eigenvalue weighted by atomic mass is 10.0. The standard InChI is InChI=1S/C22H32N2O4/c1-14(2)8-9-18-10-15(3)20(22(27)28-18)21(26)23-12-16-11-19(25)24(13-16)17-6-4-5-7-17/h10,14,16-17H,4-9,11-13H2,1-3H3,(H,23,26). The Balaban J connectivity index is 1.57. The predicted octanol–water partition coefficient (Wildman–Crippen LogP) is 3.06. The molecule has 1 atom stereocenters. The number of hydrogen-bond donors (Lipinski definition) is 1. The van der Waals surface area contributed by atoms with E-state index in [1.807, 2.05) is 4.90 Å². The van der Waals surface area contributed by atoms with Crippen molar-refractivity contribution < 1.29 is 14.0 Å². The Morgan fingerprint density at radius 2 is 2.00 bits per heavy atom. The lowest BCUT2D eigenvalue weighted by molar-refractivity contribution is -0.129. The van der Waals surface area contributed by atoms with Crippen LogP contribution in [0.1, 0.15) is 74.1 Å². The molecule has 2 aliphatic rings. The molecule has 6 nitrogen and oxygen atoms in total. The van der Waals surface area contributed by atoms with Gasteiger partial charge >= 0.3 is 5.63 Å². The van der Waals surface area contributed by atoms with E-state index in [0.29, 0.717) is 49.2 Å². The third-order valence-corrected chi connectivity index (χ3v) is 5.95. The minimum atomic E-state index is -0.577. The van der Waals surface area contributed by atoms with Crippen LogP contribution in [0.25, 0.3) is 0 Å². The molecular weight excluding hydrogens is 356 g/mol. The van der Waals surface area contributed by atoms with Crippen molar-refractivity contribution in [2.75, 3.05) is 13.1 Å². The molecule has 6 heteroatoms. The maximum atomic E-state index is 12.6. The Morgan fingerprint density at radius 3 is 2.64 bits per heavy atom. The molecule has 154 valence electrons. The van der Waals surface area contributed by atoms with Crippen LogP contribution in [-0.2, 0) is 11.2 Å². The zero-order valence-corrected chi connectivity index (χ0v) is 17.3. The van der Waals surface area contributed by atoms with E-state index in [4.69, 9.17) is 4.42 Å². The predicted molar refractivity (Wildman–Crippen MR) is 107 cm³/mol. The van der Waals surface area contributed by atoms with E-state index in [9.17, 15) is 14.4 Å². The van der Waals surface area contributed by atoms with Gasteiger partial charge in [-0.25, -0.2) is 4.79 Å². The first-order valence-electron chi connectivity index (χ1n) is 10.6. The highest BCUT2D eigenvalue weighted by Crippen LogP contribution is 2.29. The summed E-state index contributed by atoms with van der Waals surface area (Å²) in [4.78, 5) is 39.2. The second-order valence-corrected chi connectivity index (χ2v) is 8.76. The van der Waals surface area contributed by atoms with Crippen molar-refractivity contribution in [1.29, 1.82) is 0 Å². The van der Waals surface area contributed by atoms with Gasteiger partial charge in [0.25, 0.3) is 5.91 Å². The summed E-state index contributed by atoms with van der Waals surface area (Å²) in [6, 6.07) is 2.17. The number of amides is 2. The average molecular weight is 389 g/mol. The van der Waals surface area contributed by atoms with Crippen molar-refractivity contribution in [3.63, 3.8) is 0 Å². The lowest BCUT2D eigenvalue weighted by Gasteiger charge is -2.24. The molecule has 0 radical (unpaired) electrons. The lowest BCUT2D eigenvalue weighted by Crippen LogP contribution is -2.36. The van der Waals surface area contributed by atoms with E-state index >= 15 is 0 Å². The van der Waals surface area contributed by atoms with Gasteiger partial charge in [0.2, 0.25) is 5.91 Å². The third-order valence-electron chi connectivity index (χ3n) is 5.95. The summed E-state index contributed by atoms with van der Waals surface area (Å²) in [6.07, 6.45) is 6.66. The SMILES string of the molecule is Cc1cc(CCC(C)C)oc(=O)c1C(=O)NCC1CC(=O)N(C2CCCC2)C1. The van der Waals surface area contributed by atoms with Crippen molar-refractivity contribution in [3.8, 4) is 0 Å². The largest absolute Gasteiger partial charge is 0.427 e. The Bertz CT molecular complexity index is 777. The number of rotatable bonds is 7. The number of likely N-dealkylation sites (tertiary alicyclic amines) is 1. The molecule has 2 amide bonds. The maximum Gasteiger partial charge on any atom is 0.349 e. The van der Waals surface area contributed by atoms with Gasteiger partial charge in [-0.05, 0) is 43.7 Å². The Hall–Kier alpha value is -2.11. The van der Waals surface area contributed by atoms with Crippen LogP contribution in [0.2, 0.25) is 0 Å². The summed E-state index contributed by atoms with van der Waals surface area (Å²) in [5.74, 6) is 1.03. The number of aryl methyl sites for hydroxylation is 2. The molecule has 1 unspecified atom stereocenters. The van der Waals surface area contributed by atoms with Gasteiger partial charge in [-0.15, -0.1) is 0 Å². The van der Waals surface area contributed by atoms with E-state index in [1.165, 1.54) is 12.8 Å². The summed E-state index contributed by atoms with van der Waals surface area (Å²) in [5, 5.41) is 2.85. The normalized spacial score (nSPS) is 20.4. The van der Waals surface area contributed by atoms with Crippen LogP contribution < -0.4 is 10.9 Å². The summed E-state index contributed by atoms with van der Waals surface area (Å²) in [5.41, 5.74) is 0.138. The van der Waals surface area contributed by atoms with Crippen LogP contribution in [0.3, 0.4) is 0 Å². The van der Waals surface area contributed by atoms with Gasteiger partial charge in [-0.2, -0.15) is 0 Å². The Morgan fingerprint density at radius 1 is 1.29 bits per heavy atom. The number of carbonyl (C=O) groups is 2. The van der Waals surface area contributed by atoms with Crippen LogP contribution in [0.15, 0.2) is 15.3 Å². The van der Waals surface area contributed by atoms with Crippen LogP contribution in [0.4, 0.5) is 0 Å². The fraction of sp³-hybridized carbons (Fsp3) is 0.682.